The molecule has 0 aliphatic carbocycles. The van der Waals surface area contributed by atoms with Gasteiger partial charge in [0.15, 0.2) is 0 Å². The Morgan fingerprint density at radius 3 is 2.71 bits per heavy atom. The summed E-state index contributed by atoms with van der Waals surface area (Å²) >= 11 is 5.73. The second-order valence-corrected chi connectivity index (χ2v) is 5.05. The van der Waals surface area contributed by atoms with Crippen LogP contribution in [0.15, 0.2) is 30.4 Å². The average Bonchev–Trinajstić information content (AvgIpc) is 2.42. The van der Waals surface area contributed by atoms with Crippen molar-refractivity contribution in [3.05, 3.63) is 45.5 Å². The third kappa shape index (κ3) is 5.07. The molecule has 1 aromatic carbocycles. The minimum Gasteiger partial charge on any atom is -0.376 e. The van der Waals surface area contributed by atoms with Crippen LogP contribution in [0.1, 0.15) is 13.8 Å². The van der Waals surface area contributed by atoms with Gasteiger partial charge in [0.25, 0.3) is 5.69 Å². The second-order valence-electron chi connectivity index (χ2n) is 4.64. The molecular weight excluding hydrogens is 294 g/mol. The second kappa shape index (κ2) is 7.64. The summed E-state index contributed by atoms with van der Waals surface area (Å²) in [7, 11) is 0. The van der Waals surface area contributed by atoms with Crippen LogP contribution in [0.2, 0.25) is 5.02 Å². The summed E-state index contributed by atoms with van der Waals surface area (Å²) in [4.78, 5) is 23.9. The summed E-state index contributed by atoms with van der Waals surface area (Å²) in [6, 6.07) is 4.33. The molecule has 7 heteroatoms. The number of nitrogens with one attached hydrogen (secondary N) is 1. The summed E-state index contributed by atoms with van der Waals surface area (Å²) in [5, 5.41) is 13.7. The summed E-state index contributed by atoms with van der Waals surface area (Å²) in [6.45, 7) is 8.65. The number of rotatable bonds is 7. The fraction of sp³-hybridized carbons (Fsp3) is 0.357. The lowest BCUT2D eigenvalue weighted by Crippen LogP contribution is -2.36. The van der Waals surface area contributed by atoms with E-state index in [1.807, 2.05) is 13.8 Å². The number of anilines is 1. The molecule has 0 radical (unpaired) electrons. The molecule has 0 saturated carbocycles. The predicted octanol–water partition coefficient (Wildman–Crippen LogP) is 3.08. The maximum Gasteiger partial charge on any atom is 0.289 e. The first kappa shape index (κ1) is 17.0. The molecule has 0 aliphatic rings. The minimum atomic E-state index is -0.561. The van der Waals surface area contributed by atoms with Gasteiger partial charge in [0.2, 0.25) is 5.91 Å². The van der Waals surface area contributed by atoms with E-state index in [4.69, 9.17) is 11.6 Å². The smallest absolute Gasteiger partial charge is 0.289 e. The molecule has 0 atom stereocenters. The Morgan fingerprint density at radius 2 is 2.19 bits per heavy atom. The van der Waals surface area contributed by atoms with Crippen LogP contribution in [-0.2, 0) is 4.79 Å². The Kier molecular flexibility index (Phi) is 6.17. The predicted molar refractivity (Wildman–Crippen MR) is 83.7 cm³/mol. The van der Waals surface area contributed by atoms with E-state index in [0.717, 1.165) is 5.57 Å². The molecule has 1 aromatic rings. The van der Waals surface area contributed by atoms with Gasteiger partial charge in [-0.1, -0.05) is 23.8 Å². The maximum absolute atomic E-state index is 12.0. The highest BCUT2D eigenvalue weighted by molar-refractivity contribution is 6.32. The number of carbonyl (C=O) groups excluding carboxylic acids is 1. The van der Waals surface area contributed by atoms with Crippen molar-refractivity contribution in [3.63, 3.8) is 0 Å². The van der Waals surface area contributed by atoms with Crippen LogP contribution >= 0.6 is 11.6 Å². The molecule has 114 valence electrons. The van der Waals surface area contributed by atoms with E-state index in [-0.39, 0.29) is 23.2 Å². The Morgan fingerprint density at radius 1 is 1.52 bits per heavy atom. The van der Waals surface area contributed by atoms with Crippen molar-refractivity contribution in [3.8, 4) is 0 Å². The first-order valence-corrected chi connectivity index (χ1v) is 6.83. The van der Waals surface area contributed by atoms with E-state index in [2.05, 4.69) is 11.9 Å². The van der Waals surface area contributed by atoms with Gasteiger partial charge in [-0.2, -0.15) is 0 Å². The first-order valence-electron chi connectivity index (χ1n) is 6.45. The monoisotopic (exact) mass is 311 g/mol. The van der Waals surface area contributed by atoms with E-state index in [9.17, 15) is 14.9 Å². The number of nitro benzene ring substituents is 1. The van der Waals surface area contributed by atoms with Crippen molar-refractivity contribution in [2.24, 2.45) is 0 Å². The van der Waals surface area contributed by atoms with Crippen LogP contribution in [-0.4, -0.2) is 35.4 Å². The Labute approximate surface area is 128 Å². The molecule has 0 spiro atoms. The maximum atomic E-state index is 12.0. The van der Waals surface area contributed by atoms with Gasteiger partial charge in [0.05, 0.1) is 11.5 Å². The fourth-order valence-electron chi connectivity index (χ4n) is 1.75. The molecule has 0 aromatic heterocycles. The van der Waals surface area contributed by atoms with Crippen molar-refractivity contribution in [2.45, 2.75) is 13.8 Å². The first-order chi connectivity index (χ1) is 9.85. The number of carbonyl (C=O) groups is 1. The number of nitro groups is 1. The molecule has 1 rings (SSSR count). The van der Waals surface area contributed by atoms with Crippen molar-refractivity contribution in [2.75, 3.05) is 25.0 Å². The van der Waals surface area contributed by atoms with Gasteiger partial charge in [-0.15, -0.1) is 0 Å². The van der Waals surface area contributed by atoms with E-state index in [1.165, 1.54) is 12.1 Å². The zero-order valence-corrected chi connectivity index (χ0v) is 12.8. The lowest BCUT2D eigenvalue weighted by atomic mass is 10.2. The highest BCUT2D eigenvalue weighted by Crippen LogP contribution is 2.27. The molecule has 1 amide bonds. The number of hydrogen-bond acceptors (Lipinski definition) is 4. The molecule has 0 unspecified atom stereocenters. The Bertz CT molecular complexity index is 560. The zero-order valence-electron chi connectivity index (χ0n) is 12.1. The summed E-state index contributed by atoms with van der Waals surface area (Å²) in [5.41, 5.74) is 1.18. The standard InChI is InChI=1S/C14H18ClN3O3/c1-4-17(9-10(2)3)14(19)8-16-11-5-6-12(15)13(7-11)18(20)21/h5-7,16H,2,4,8-9H2,1,3H3. The van der Waals surface area contributed by atoms with Crippen LogP contribution in [0.25, 0.3) is 0 Å². The lowest BCUT2D eigenvalue weighted by Gasteiger charge is -2.21. The number of amides is 1. The summed E-state index contributed by atoms with van der Waals surface area (Å²) in [5.74, 6) is -0.0990. The van der Waals surface area contributed by atoms with Gasteiger partial charge in [-0.3, -0.25) is 14.9 Å². The largest absolute Gasteiger partial charge is 0.376 e. The van der Waals surface area contributed by atoms with E-state index in [1.54, 1.807) is 11.0 Å². The van der Waals surface area contributed by atoms with Gasteiger partial charge in [0, 0.05) is 24.8 Å². The van der Waals surface area contributed by atoms with Gasteiger partial charge in [-0.05, 0) is 26.0 Å². The molecule has 0 heterocycles. The molecule has 0 fully saturated rings. The number of hydrogen-bond donors (Lipinski definition) is 1. The number of likely N-dealkylation sites (N-methyl/N-ethyl adjacent to an activating group) is 1. The molecule has 1 N–H and O–H groups in total. The van der Waals surface area contributed by atoms with Crippen LogP contribution in [0.5, 0.6) is 0 Å². The van der Waals surface area contributed by atoms with Crippen molar-refractivity contribution in [1.82, 2.24) is 4.90 Å². The van der Waals surface area contributed by atoms with Crippen molar-refractivity contribution in [1.29, 1.82) is 0 Å². The minimum absolute atomic E-state index is 0.0555. The van der Waals surface area contributed by atoms with E-state index in [0.29, 0.717) is 18.8 Å². The molecule has 0 saturated heterocycles. The van der Waals surface area contributed by atoms with Gasteiger partial charge in [0.1, 0.15) is 5.02 Å². The normalized spacial score (nSPS) is 10.0. The Hall–Kier alpha value is -2.08. The molecule has 21 heavy (non-hydrogen) atoms. The van der Waals surface area contributed by atoms with Crippen LogP contribution in [0, 0.1) is 10.1 Å². The topological polar surface area (TPSA) is 75.5 Å². The fourth-order valence-corrected chi connectivity index (χ4v) is 1.94. The zero-order chi connectivity index (χ0) is 16.0. The number of benzene rings is 1. The number of halogens is 1. The third-order valence-electron chi connectivity index (χ3n) is 2.78. The van der Waals surface area contributed by atoms with E-state index < -0.39 is 4.92 Å². The van der Waals surface area contributed by atoms with Crippen LogP contribution in [0.3, 0.4) is 0 Å². The molecule has 0 bridgehead atoms. The van der Waals surface area contributed by atoms with Crippen molar-refractivity contribution >= 4 is 28.9 Å². The lowest BCUT2D eigenvalue weighted by molar-refractivity contribution is -0.384. The molecule has 6 nitrogen and oxygen atoms in total. The molecular formula is C14H18ClN3O3. The van der Waals surface area contributed by atoms with Crippen LogP contribution in [0.4, 0.5) is 11.4 Å². The number of nitrogens with zero attached hydrogens (tertiary/aromatic N) is 2. The quantitative estimate of drug-likeness (QED) is 0.477. The average molecular weight is 312 g/mol. The van der Waals surface area contributed by atoms with Gasteiger partial charge < -0.3 is 10.2 Å². The van der Waals surface area contributed by atoms with E-state index >= 15 is 0 Å². The summed E-state index contributed by atoms with van der Waals surface area (Å²) < 4.78 is 0. The van der Waals surface area contributed by atoms with Crippen LogP contribution < -0.4 is 5.32 Å². The Balaban J connectivity index is 2.70. The third-order valence-corrected chi connectivity index (χ3v) is 3.10. The molecule has 0 aliphatic heterocycles. The SMILES string of the molecule is C=C(C)CN(CC)C(=O)CNc1ccc(Cl)c([N+](=O)[O-])c1. The highest BCUT2D eigenvalue weighted by Gasteiger charge is 2.14. The summed E-state index contributed by atoms with van der Waals surface area (Å²) in [6.07, 6.45) is 0. The van der Waals surface area contributed by atoms with Crippen molar-refractivity contribution < 1.29 is 9.72 Å². The van der Waals surface area contributed by atoms with Gasteiger partial charge >= 0.3 is 0 Å². The van der Waals surface area contributed by atoms with Gasteiger partial charge in [-0.25, -0.2) is 0 Å². The highest BCUT2D eigenvalue weighted by atomic mass is 35.5.